The molecule has 0 aromatic carbocycles. The zero-order valence-corrected chi connectivity index (χ0v) is 40.6. The van der Waals surface area contributed by atoms with Crippen LogP contribution in [0.3, 0.4) is 0 Å². The van der Waals surface area contributed by atoms with Gasteiger partial charge in [0.1, 0.15) is 23.7 Å². The van der Waals surface area contributed by atoms with E-state index in [9.17, 15) is 42.3 Å². The van der Waals surface area contributed by atoms with E-state index < -0.39 is 115 Å². The number of halogens is 3. The number of carbonyl (C=O) groups is 7. The van der Waals surface area contributed by atoms with Crippen LogP contribution in [0.4, 0.5) is 18.1 Å². The van der Waals surface area contributed by atoms with Crippen molar-refractivity contribution in [2.75, 3.05) is 27.2 Å². The van der Waals surface area contributed by atoms with Gasteiger partial charge in [0.25, 0.3) is 5.91 Å². The van der Waals surface area contributed by atoms with Crippen LogP contribution < -0.4 is 16.0 Å². The van der Waals surface area contributed by atoms with E-state index >= 15 is 4.48 Å². The maximum atomic E-state index is 15.9. The maximum Gasteiger partial charge on any atom is 0.439 e. The molecule has 6 unspecified atom stereocenters. The van der Waals surface area contributed by atoms with Crippen LogP contribution in [0.15, 0.2) is 24.3 Å². The zero-order chi connectivity index (χ0) is 49.0. The summed E-state index contributed by atoms with van der Waals surface area (Å²) in [5.74, 6) is -7.50. The monoisotopic (exact) mass is 901 g/mol. The number of Topliss-reactive ketones (excluding diaryl/α,β-unsaturated/α-hetero) is 1. The Hall–Kier alpha value is -4.44. The minimum absolute atomic E-state index is 0.0376. The van der Waals surface area contributed by atoms with Crippen LogP contribution in [0.5, 0.6) is 0 Å². The topological polar surface area (TPSA) is 175 Å². The summed E-state index contributed by atoms with van der Waals surface area (Å²) in [7, 11) is 3.05. The highest BCUT2D eigenvalue weighted by molar-refractivity contribution is 6.38. The summed E-state index contributed by atoms with van der Waals surface area (Å²) in [6.45, 7) is 22.9. The maximum absolute atomic E-state index is 15.9. The highest BCUT2D eigenvalue weighted by atomic mass is 19.3. The van der Waals surface area contributed by atoms with Gasteiger partial charge in [-0.1, -0.05) is 97.5 Å². The lowest BCUT2D eigenvalue weighted by Crippen LogP contribution is -2.58. The molecule has 0 radical (unpaired) electrons. The van der Waals surface area contributed by atoms with Gasteiger partial charge in [-0.05, 0) is 83.0 Å². The van der Waals surface area contributed by atoms with E-state index in [-0.39, 0.29) is 23.0 Å². The molecule has 0 aromatic rings. The molecule has 1 aliphatic carbocycles. The Balaban J connectivity index is 0.00000932. The van der Waals surface area contributed by atoms with Crippen molar-refractivity contribution < 1.29 is 51.6 Å². The van der Waals surface area contributed by atoms with Crippen molar-refractivity contribution in [2.45, 2.75) is 171 Å². The number of ketones is 1. The van der Waals surface area contributed by atoms with Crippen LogP contribution in [0.2, 0.25) is 0 Å². The molecule has 3 N–H and O–H groups in total. The number of likely N-dealkylation sites (N-methyl/N-ethyl adjacent to an activating group) is 1. The second-order valence-electron chi connectivity index (χ2n) is 17.3. The summed E-state index contributed by atoms with van der Waals surface area (Å²) in [4.78, 5) is 96.9. The molecule has 14 nitrogen and oxygen atoms in total. The van der Waals surface area contributed by atoms with E-state index in [0.29, 0.717) is 25.7 Å². The second-order valence-corrected chi connectivity index (χ2v) is 17.3. The number of amides is 6. The minimum atomic E-state index is -2.90. The largest absolute Gasteiger partial charge is 0.442 e. The molecule has 2 fully saturated rings. The molecule has 1 aliphatic heterocycles. The third-order valence-electron chi connectivity index (χ3n) is 11.7. The number of rotatable bonds is 21. The lowest BCUT2D eigenvalue weighted by atomic mass is 9.83. The minimum Gasteiger partial charge on any atom is -0.442 e. The van der Waals surface area contributed by atoms with Crippen molar-refractivity contribution in [1.29, 1.82) is 0 Å². The Kier molecular flexibility index (Phi) is 25.7. The summed E-state index contributed by atoms with van der Waals surface area (Å²) in [5.41, 5.74) is -1.24. The number of fused-ring (bicyclic) bond motifs is 1. The fourth-order valence-electron chi connectivity index (χ4n) is 7.85. The predicted octanol–water partition coefficient (Wildman–Crippen LogP) is 7.18. The van der Waals surface area contributed by atoms with Crippen LogP contribution in [0.25, 0.3) is 0 Å². The van der Waals surface area contributed by atoms with Gasteiger partial charge >= 0.3 is 6.09 Å². The standard InChI is InChI=1S/C42H67F3N6O8.2C2H6/c1-12-16-18-26(17-13-2)32(38(56)49(10)11)48-31(52)23-46-37(55)35(53)29(19-20-30(43)44)47-36(54)34-28-22-42(9,15-4)21-27(28)24-50(34)39(57)33(25(5)6)51(45)40(58)59-41(7,8)14-3;2*1-2/h12-13,16-17,25-30,32-34H,14-15,18-24H2,1-11H3,(H,46,55)(H,47,54)(H,48,52);2*1-2H3/b16-12-,17-13-;;/t26?,27-,28-,29?,32?,33?,34?,42?;;/m0../s1. The summed E-state index contributed by atoms with van der Waals surface area (Å²) in [5, 5.41) is 6.98. The first-order valence-electron chi connectivity index (χ1n) is 22.6. The molecule has 1 saturated carbocycles. The molecular weight excluding hydrogens is 822 g/mol. The Bertz CT molecular complexity index is 1570. The van der Waals surface area contributed by atoms with Crippen molar-refractivity contribution in [2.24, 2.45) is 29.1 Å². The predicted molar refractivity (Wildman–Crippen MR) is 239 cm³/mol. The van der Waals surface area contributed by atoms with Gasteiger partial charge in [-0.15, -0.1) is 5.12 Å². The van der Waals surface area contributed by atoms with Gasteiger partial charge in [0.15, 0.2) is 0 Å². The van der Waals surface area contributed by atoms with Gasteiger partial charge in [0.2, 0.25) is 35.8 Å². The van der Waals surface area contributed by atoms with E-state index in [1.54, 1.807) is 45.9 Å². The molecule has 0 spiro atoms. The first kappa shape index (κ1) is 58.6. The van der Waals surface area contributed by atoms with Gasteiger partial charge in [-0.3, -0.25) is 28.8 Å². The Morgan fingerprint density at radius 2 is 1.54 bits per heavy atom. The van der Waals surface area contributed by atoms with Crippen molar-refractivity contribution >= 4 is 41.4 Å². The van der Waals surface area contributed by atoms with Gasteiger partial charge < -0.3 is 30.5 Å². The highest BCUT2D eigenvalue weighted by Gasteiger charge is 2.56. The third-order valence-corrected chi connectivity index (χ3v) is 11.7. The van der Waals surface area contributed by atoms with Crippen LogP contribution in [-0.2, 0) is 33.5 Å². The summed E-state index contributed by atoms with van der Waals surface area (Å²) in [6, 6.07) is -5.76. The van der Waals surface area contributed by atoms with E-state index in [2.05, 4.69) is 22.9 Å². The average molecular weight is 901 g/mol. The SMILES string of the molecule is C/C=C\CC(/C=C\C)C(NC(=O)CNC(=O)C(=O)C(CCC(F)F)NC(=O)C1[C@H]2CC(C)(CC)C[C@H]2CN1C(=O)C(C(C)C)N(F)C(=O)OC(C)(C)CC)C(=O)N(C)C.CC.CC. The number of alkyl halides is 2. The Morgan fingerprint density at radius 3 is 2.03 bits per heavy atom. The number of allylic oxidation sites excluding steroid dienone is 3. The molecule has 0 bridgehead atoms. The molecule has 2 rings (SSSR count). The van der Waals surface area contributed by atoms with Gasteiger partial charge in [-0.2, -0.15) is 0 Å². The van der Waals surface area contributed by atoms with E-state index in [1.807, 2.05) is 47.6 Å². The van der Waals surface area contributed by atoms with E-state index in [4.69, 9.17) is 4.74 Å². The first-order valence-corrected chi connectivity index (χ1v) is 22.6. The van der Waals surface area contributed by atoms with Crippen LogP contribution in [0, 0.1) is 29.1 Å². The second kappa shape index (κ2) is 27.7. The molecule has 6 amide bonds. The molecular formula is C46H79F3N6O8. The molecule has 1 saturated heterocycles. The number of nitrogens with one attached hydrogen (secondary N) is 3. The number of likely N-dealkylation sites (tertiary alicyclic amines) is 1. The number of hydrogen-bond donors (Lipinski definition) is 3. The summed E-state index contributed by atoms with van der Waals surface area (Å²) in [6.07, 6.45) is 4.01. The fraction of sp³-hybridized carbons (Fsp3) is 0.761. The quantitative estimate of drug-likeness (QED) is 0.0618. The Morgan fingerprint density at radius 1 is 0.937 bits per heavy atom. The zero-order valence-electron chi connectivity index (χ0n) is 40.6. The van der Waals surface area contributed by atoms with Crippen LogP contribution in [0.1, 0.15) is 135 Å². The number of nitrogens with zero attached hydrogens (tertiary/aromatic N) is 3. The first-order chi connectivity index (χ1) is 29.5. The van der Waals surface area contributed by atoms with Gasteiger partial charge in [0, 0.05) is 33.0 Å². The van der Waals surface area contributed by atoms with Crippen molar-refractivity contribution in [3.8, 4) is 0 Å². The number of ether oxygens (including phenoxy) is 1. The van der Waals surface area contributed by atoms with Crippen LogP contribution >= 0.6 is 0 Å². The highest BCUT2D eigenvalue weighted by Crippen LogP contribution is 2.53. The molecule has 17 heteroatoms. The van der Waals surface area contributed by atoms with Gasteiger partial charge in [-0.25, -0.2) is 13.6 Å². The lowest BCUT2D eigenvalue weighted by Gasteiger charge is -2.36. The van der Waals surface area contributed by atoms with E-state index in [0.717, 1.165) is 6.42 Å². The van der Waals surface area contributed by atoms with Crippen LogP contribution in [-0.4, -0.2) is 120 Å². The lowest BCUT2D eigenvalue weighted by molar-refractivity contribution is -0.152. The average Bonchev–Trinajstić information content (AvgIpc) is 3.76. The molecule has 63 heavy (non-hydrogen) atoms. The van der Waals surface area contributed by atoms with Crippen molar-refractivity contribution in [3.05, 3.63) is 24.3 Å². The van der Waals surface area contributed by atoms with E-state index in [1.165, 1.54) is 37.7 Å². The third kappa shape index (κ3) is 17.2. The molecule has 0 aromatic heterocycles. The summed E-state index contributed by atoms with van der Waals surface area (Å²) < 4.78 is 48.3. The number of hydrogen-bond acceptors (Lipinski definition) is 8. The van der Waals surface area contributed by atoms with Gasteiger partial charge in [0.05, 0.1) is 12.6 Å². The smallest absolute Gasteiger partial charge is 0.439 e. The Labute approximate surface area is 374 Å². The summed E-state index contributed by atoms with van der Waals surface area (Å²) >= 11 is 0. The van der Waals surface area contributed by atoms with Crippen molar-refractivity contribution in [1.82, 2.24) is 30.9 Å². The molecule has 362 valence electrons. The number of carbonyl (C=O) groups excluding carboxylic acids is 7. The molecule has 1 heterocycles. The normalized spacial score (nSPS) is 21.3. The fourth-order valence-corrected chi connectivity index (χ4v) is 7.85. The molecule has 2 aliphatic rings. The van der Waals surface area contributed by atoms with Crippen molar-refractivity contribution in [3.63, 3.8) is 0 Å². The molecule has 8 atom stereocenters.